The summed E-state index contributed by atoms with van der Waals surface area (Å²) in [5, 5.41) is 17.0. The molecule has 9 heteroatoms. The van der Waals surface area contributed by atoms with Gasteiger partial charge in [-0.25, -0.2) is 4.52 Å². The number of ether oxygens (including phenoxy) is 1. The molecule has 2 aliphatic rings. The quantitative estimate of drug-likeness (QED) is 0.254. The van der Waals surface area contributed by atoms with E-state index in [-0.39, 0.29) is 36.3 Å². The molecule has 0 aliphatic heterocycles. The Morgan fingerprint density at radius 2 is 1.84 bits per heavy atom. The minimum atomic E-state index is -0.0000159. The van der Waals surface area contributed by atoms with Crippen LogP contribution in [0.15, 0.2) is 59.7 Å². The van der Waals surface area contributed by atoms with Gasteiger partial charge in [0.2, 0.25) is 11.7 Å². The van der Waals surface area contributed by atoms with Gasteiger partial charge in [0.15, 0.2) is 0 Å². The molecule has 2 fully saturated rings. The van der Waals surface area contributed by atoms with Crippen LogP contribution in [0, 0.1) is 17.2 Å². The van der Waals surface area contributed by atoms with Crippen molar-refractivity contribution in [2.45, 2.75) is 83.3 Å². The Kier molecular flexibility index (Phi) is 8.66. The summed E-state index contributed by atoms with van der Waals surface area (Å²) in [6.45, 7) is 2.35. The van der Waals surface area contributed by atoms with Crippen molar-refractivity contribution in [2.75, 3.05) is 6.73 Å². The van der Waals surface area contributed by atoms with E-state index in [4.69, 9.17) is 4.74 Å². The number of hydrogen-bond acceptors (Lipinski definition) is 6. The first-order chi connectivity index (χ1) is 21.1. The van der Waals surface area contributed by atoms with Gasteiger partial charge in [-0.05, 0) is 67.7 Å². The van der Waals surface area contributed by atoms with Crippen LogP contribution in [0.3, 0.4) is 0 Å². The number of carbonyl (C=O) groups is 1. The van der Waals surface area contributed by atoms with E-state index in [9.17, 15) is 14.9 Å². The standard InChI is InChI=1S/C34H38N6O3/c1-2-6-31-30(19-23-11-13-24(14-12-23)29-10-4-3-7-26(29)20-35)33(42)39(34-36-21-38-40(31)34)27-15-17-28(18-16-27)43-22-37-32(41)25-8-5-9-25/h3-4,7,10-14,21,25,27-28H,2,5-6,8-9,15-19,22H2,1H3,(H,37,41). The van der Waals surface area contributed by atoms with Crippen molar-refractivity contribution in [2.24, 2.45) is 5.92 Å². The minimum absolute atomic E-state index is 0.0000159. The normalized spacial score (nSPS) is 18.7. The maximum absolute atomic E-state index is 14.2. The first-order valence-corrected chi connectivity index (χ1v) is 15.5. The lowest BCUT2D eigenvalue weighted by atomic mass is 9.85. The number of fused-ring (bicyclic) bond motifs is 1. The topological polar surface area (TPSA) is 114 Å². The van der Waals surface area contributed by atoms with E-state index in [1.54, 1.807) is 0 Å². The molecular weight excluding hydrogens is 540 g/mol. The summed E-state index contributed by atoms with van der Waals surface area (Å²) < 4.78 is 9.71. The molecule has 2 saturated carbocycles. The van der Waals surface area contributed by atoms with Crippen LogP contribution in [0.5, 0.6) is 0 Å². The van der Waals surface area contributed by atoms with Crippen LogP contribution in [0.2, 0.25) is 0 Å². The lowest BCUT2D eigenvalue weighted by Gasteiger charge is -2.31. The van der Waals surface area contributed by atoms with Gasteiger partial charge >= 0.3 is 0 Å². The Hall–Kier alpha value is -4.29. The van der Waals surface area contributed by atoms with Gasteiger partial charge in [-0.3, -0.25) is 14.2 Å². The summed E-state index contributed by atoms with van der Waals surface area (Å²) in [4.78, 5) is 30.9. The average molecular weight is 579 g/mol. The third kappa shape index (κ3) is 5.98. The molecule has 0 unspecified atom stereocenters. The van der Waals surface area contributed by atoms with Crippen molar-refractivity contribution < 1.29 is 9.53 Å². The Bertz CT molecular complexity index is 1690. The molecule has 0 atom stereocenters. The molecule has 0 radical (unpaired) electrons. The lowest BCUT2D eigenvalue weighted by Crippen LogP contribution is -2.38. The van der Waals surface area contributed by atoms with Crippen LogP contribution in [-0.2, 0) is 22.4 Å². The summed E-state index contributed by atoms with van der Waals surface area (Å²) in [5.41, 5.74) is 5.20. The Labute approximate surface area is 251 Å². The highest BCUT2D eigenvalue weighted by atomic mass is 16.5. The van der Waals surface area contributed by atoms with Gasteiger partial charge in [-0.2, -0.15) is 15.3 Å². The second kappa shape index (κ2) is 12.9. The third-order valence-electron chi connectivity index (χ3n) is 9.06. The van der Waals surface area contributed by atoms with E-state index in [2.05, 4.69) is 28.4 Å². The maximum Gasteiger partial charge on any atom is 0.259 e. The van der Waals surface area contributed by atoms with E-state index in [1.807, 2.05) is 57.6 Å². The van der Waals surface area contributed by atoms with Crippen LogP contribution in [0.1, 0.15) is 86.7 Å². The number of hydrogen-bond donors (Lipinski definition) is 1. The van der Waals surface area contributed by atoms with Crippen molar-refractivity contribution in [1.29, 1.82) is 5.26 Å². The summed E-state index contributed by atoms with van der Waals surface area (Å²) in [6.07, 6.45) is 10.0. The fraction of sp³-hybridized carbons (Fsp3) is 0.441. The molecule has 222 valence electrons. The summed E-state index contributed by atoms with van der Waals surface area (Å²) in [6, 6.07) is 18.0. The zero-order chi connectivity index (χ0) is 29.8. The van der Waals surface area contributed by atoms with Crippen molar-refractivity contribution >= 4 is 11.7 Å². The van der Waals surface area contributed by atoms with Crippen molar-refractivity contribution in [3.05, 3.63) is 87.6 Å². The predicted molar refractivity (Wildman–Crippen MR) is 163 cm³/mol. The van der Waals surface area contributed by atoms with Crippen molar-refractivity contribution in [1.82, 2.24) is 24.5 Å². The third-order valence-corrected chi connectivity index (χ3v) is 9.06. The van der Waals surface area contributed by atoms with Gasteiger partial charge in [0.25, 0.3) is 5.56 Å². The number of rotatable bonds is 10. The van der Waals surface area contributed by atoms with Gasteiger partial charge in [0, 0.05) is 23.9 Å². The monoisotopic (exact) mass is 578 g/mol. The Morgan fingerprint density at radius 3 is 2.53 bits per heavy atom. The highest BCUT2D eigenvalue weighted by Gasteiger charge is 2.29. The first-order valence-electron chi connectivity index (χ1n) is 15.5. The van der Waals surface area contributed by atoms with Crippen molar-refractivity contribution in [3.63, 3.8) is 0 Å². The first kappa shape index (κ1) is 28.8. The molecule has 1 amide bonds. The molecule has 9 nitrogen and oxygen atoms in total. The molecule has 4 aromatic rings. The zero-order valence-corrected chi connectivity index (χ0v) is 24.7. The molecule has 0 spiro atoms. The minimum Gasteiger partial charge on any atom is -0.358 e. The predicted octanol–water partition coefficient (Wildman–Crippen LogP) is 5.35. The molecule has 43 heavy (non-hydrogen) atoms. The number of carbonyl (C=O) groups excluding carboxylic acids is 1. The molecule has 2 aliphatic carbocycles. The highest BCUT2D eigenvalue weighted by Crippen LogP contribution is 2.31. The molecule has 2 heterocycles. The fourth-order valence-corrected chi connectivity index (χ4v) is 6.43. The summed E-state index contributed by atoms with van der Waals surface area (Å²) in [5.74, 6) is 0.847. The van der Waals surface area contributed by atoms with E-state index in [1.165, 1.54) is 6.33 Å². The second-order valence-electron chi connectivity index (χ2n) is 11.8. The smallest absolute Gasteiger partial charge is 0.259 e. The van der Waals surface area contributed by atoms with Crippen LogP contribution in [-0.4, -0.2) is 37.9 Å². The number of benzene rings is 2. The Balaban J connectivity index is 1.22. The largest absolute Gasteiger partial charge is 0.358 e. The van der Waals surface area contributed by atoms with Gasteiger partial charge in [-0.1, -0.05) is 62.2 Å². The molecule has 0 saturated heterocycles. The molecule has 1 N–H and O–H groups in total. The van der Waals surface area contributed by atoms with E-state index >= 15 is 0 Å². The van der Waals surface area contributed by atoms with Crippen molar-refractivity contribution in [3.8, 4) is 17.2 Å². The van der Waals surface area contributed by atoms with Gasteiger partial charge in [-0.15, -0.1) is 0 Å². The second-order valence-corrected chi connectivity index (χ2v) is 11.8. The number of amides is 1. The van der Waals surface area contributed by atoms with E-state index in [0.29, 0.717) is 17.8 Å². The van der Waals surface area contributed by atoms with E-state index in [0.717, 1.165) is 85.7 Å². The average Bonchev–Trinajstić information content (AvgIpc) is 3.48. The molecule has 0 bridgehead atoms. The molecular formula is C34H38N6O3. The van der Waals surface area contributed by atoms with Gasteiger partial charge in [0.05, 0.1) is 23.4 Å². The number of aryl methyl sites for hydroxylation is 1. The summed E-state index contributed by atoms with van der Waals surface area (Å²) >= 11 is 0. The van der Waals surface area contributed by atoms with Crippen LogP contribution >= 0.6 is 0 Å². The van der Waals surface area contributed by atoms with E-state index < -0.39 is 0 Å². The summed E-state index contributed by atoms with van der Waals surface area (Å²) in [7, 11) is 0. The highest BCUT2D eigenvalue weighted by molar-refractivity contribution is 5.79. The maximum atomic E-state index is 14.2. The SMILES string of the molecule is CCCc1c(Cc2ccc(-c3ccccc3C#N)cc2)c(=O)n(C2CCC(OCNC(=O)C3CCC3)CC2)c2ncnn12. The lowest BCUT2D eigenvalue weighted by molar-refractivity contribution is -0.130. The van der Waals surface area contributed by atoms with Gasteiger partial charge < -0.3 is 10.1 Å². The number of nitrogens with one attached hydrogen (secondary N) is 1. The number of nitrogens with zero attached hydrogens (tertiary/aromatic N) is 5. The van der Waals surface area contributed by atoms with Crippen LogP contribution in [0.4, 0.5) is 0 Å². The molecule has 6 rings (SSSR count). The molecule has 2 aromatic heterocycles. The van der Waals surface area contributed by atoms with Crippen LogP contribution < -0.4 is 10.9 Å². The Morgan fingerprint density at radius 1 is 1.07 bits per heavy atom. The van der Waals surface area contributed by atoms with Crippen LogP contribution in [0.25, 0.3) is 16.9 Å². The molecule has 2 aromatic carbocycles. The van der Waals surface area contributed by atoms with Gasteiger partial charge in [0.1, 0.15) is 13.1 Å². The zero-order valence-electron chi connectivity index (χ0n) is 24.7. The fourth-order valence-electron chi connectivity index (χ4n) is 6.43. The number of aromatic nitrogens is 4. The number of nitriles is 1.